The van der Waals surface area contributed by atoms with E-state index in [0.29, 0.717) is 5.69 Å². The fourth-order valence-corrected chi connectivity index (χ4v) is 1.25. The summed E-state index contributed by atoms with van der Waals surface area (Å²) < 4.78 is 2.84. The number of hydrogen-bond acceptors (Lipinski definition) is 1. The van der Waals surface area contributed by atoms with Crippen LogP contribution in [0.3, 0.4) is 0 Å². The monoisotopic (exact) mass is 198 g/mol. The van der Waals surface area contributed by atoms with E-state index in [4.69, 9.17) is 5.26 Å². The Bertz CT molecular complexity index is 293. The third-order valence-corrected chi connectivity index (χ3v) is 2.39. The largest absolute Gasteiger partial charge is 0.339 e. The molecule has 0 aliphatic rings. The highest BCUT2D eigenvalue weighted by Gasteiger charge is 2.04. The molecule has 1 aromatic heterocycles. The maximum atomic E-state index is 8.56. The molecule has 0 unspecified atom stereocenters. The van der Waals surface area contributed by atoms with E-state index in [1.807, 2.05) is 24.6 Å². The standard InChI is InChI=1S/C7H7BrN2/c1-5-7(8)3-6(4-9)10(5)2/h3H,1-2H3. The van der Waals surface area contributed by atoms with Crippen LogP contribution in [-0.2, 0) is 7.05 Å². The number of halogens is 1. The van der Waals surface area contributed by atoms with Crippen LogP contribution in [0.5, 0.6) is 0 Å². The van der Waals surface area contributed by atoms with Gasteiger partial charge >= 0.3 is 0 Å². The summed E-state index contributed by atoms with van der Waals surface area (Å²) in [6.45, 7) is 1.96. The molecule has 0 N–H and O–H groups in total. The Balaban J connectivity index is 3.34. The van der Waals surface area contributed by atoms with Crippen LogP contribution in [0.2, 0.25) is 0 Å². The van der Waals surface area contributed by atoms with Crippen molar-refractivity contribution >= 4 is 15.9 Å². The minimum absolute atomic E-state index is 0.685. The predicted molar refractivity (Wildman–Crippen MR) is 42.6 cm³/mol. The number of rotatable bonds is 0. The van der Waals surface area contributed by atoms with E-state index in [1.54, 1.807) is 0 Å². The van der Waals surface area contributed by atoms with Crippen LogP contribution in [0.25, 0.3) is 0 Å². The molecule has 0 aliphatic carbocycles. The molecule has 0 aliphatic heterocycles. The van der Waals surface area contributed by atoms with Gasteiger partial charge in [0, 0.05) is 17.2 Å². The van der Waals surface area contributed by atoms with E-state index in [-0.39, 0.29) is 0 Å². The van der Waals surface area contributed by atoms with E-state index in [1.165, 1.54) is 0 Å². The van der Waals surface area contributed by atoms with Crippen LogP contribution >= 0.6 is 15.9 Å². The lowest BCUT2D eigenvalue weighted by molar-refractivity contribution is 0.863. The molecule has 0 amide bonds. The van der Waals surface area contributed by atoms with Gasteiger partial charge in [-0.2, -0.15) is 5.26 Å². The Morgan fingerprint density at radius 1 is 1.70 bits per heavy atom. The first kappa shape index (κ1) is 7.36. The second kappa shape index (κ2) is 2.47. The molecule has 0 spiro atoms. The second-order valence-electron chi connectivity index (χ2n) is 2.13. The van der Waals surface area contributed by atoms with Crippen molar-refractivity contribution in [2.45, 2.75) is 6.92 Å². The molecule has 1 heterocycles. The normalized spacial score (nSPS) is 9.40. The number of hydrogen-bond donors (Lipinski definition) is 0. The third kappa shape index (κ3) is 0.952. The van der Waals surface area contributed by atoms with Gasteiger partial charge in [0.1, 0.15) is 11.8 Å². The van der Waals surface area contributed by atoms with Gasteiger partial charge in [-0.3, -0.25) is 0 Å². The van der Waals surface area contributed by atoms with Crippen molar-refractivity contribution in [3.05, 3.63) is 21.9 Å². The van der Waals surface area contributed by atoms with Gasteiger partial charge in [0.15, 0.2) is 0 Å². The Morgan fingerprint density at radius 3 is 2.50 bits per heavy atom. The minimum Gasteiger partial charge on any atom is -0.339 e. The molecule has 2 nitrogen and oxygen atoms in total. The number of nitrogens with zero attached hydrogens (tertiary/aromatic N) is 2. The van der Waals surface area contributed by atoms with Crippen LogP contribution in [0.15, 0.2) is 10.5 Å². The van der Waals surface area contributed by atoms with Crippen molar-refractivity contribution in [3.8, 4) is 6.07 Å². The number of aromatic nitrogens is 1. The van der Waals surface area contributed by atoms with E-state index in [0.717, 1.165) is 10.2 Å². The zero-order valence-electron chi connectivity index (χ0n) is 5.85. The summed E-state index contributed by atoms with van der Waals surface area (Å²) in [6, 6.07) is 3.90. The second-order valence-corrected chi connectivity index (χ2v) is 2.99. The fourth-order valence-electron chi connectivity index (χ4n) is 0.769. The summed E-state index contributed by atoms with van der Waals surface area (Å²) in [5.74, 6) is 0. The average Bonchev–Trinajstić information content (AvgIpc) is 2.17. The Morgan fingerprint density at radius 2 is 2.30 bits per heavy atom. The van der Waals surface area contributed by atoms with E-state index >= 15 is 0 Å². The maximum Gasteiger partial charge on any atom is 0.121 e. The summed E-state index contributed by atoms with van der Waals surface area (Å²) in [4.78, 5) is 0. The molecule has 0 atom stereocenters. The van der Waals surface area contributed by atoms with Gasteiger partial charge in [-0.05, 0) is 28.9 Å². The van der Waals surface area contributed by atoms with Gasteiger partial charge in [0.05, 0.1) is 0 Å². The summed E-state index contributed by atoms with van der Waals surface area (Å²) in [7, 11) is 1.87. The van der Waals surface area contributed by atoms with Gasteiger partial charge < -0.3 is 4.57 Å². The number of nitriles is 1. The highest BCUT2D eigenvalue weighted by molar-refractivity contribution is 9.10. The Labute approximate surface area is 68.2 Å². The molecule has 0 bridgehead atoms. The maximum absolute atomic E-state index is 8.56. The van der Waals surface area contributed by atoms with Crippen molar-refractivity contribution in [2.75, 3.05) is 0 Å². The van der Waals surface area contributed by atoms with E-state index < -0.39 is 0 Å². The molecule has 0 saturated heterocycles. The highest BCUT2D eigenvalue weighted by atomic mass is 79.9. The van der Waals surface area contributed by atoms with Gasteiger partial charge in [-0.25, -0.2) is 0 Å². The third-order valence-electron chi connectivity index (χ3n) is 1.59. The lowest BCUT2D eigenvalue weighted by atomic mass is 10.4. The summed E-state index contributed by atoms with van der Waals surface area (Å²) in [5.41, 5.74) is 1.76. The summed E-state index contributed by atoms with van der Waals surface area (Å²) in [5, 5.41) is 8.56. The van der Waals surface area contributed by atoms with Gasteiger partial charge in [-0.1, -0.05) is 0 Å². The first-order valence-corrected chi connectivity index (χ1v) is 3.68. The van der Waals surface area contributed by atoms with Crippen LogP contribution in [0.1, 0.15) is 11.4 Å². The van der Waals surface area contributed by atoms with Gasteiger partial charge in [-0.15, -0.1) is 0 Å². The molecule has 3 heteroatoms. The molecule has 1 aromatic rings. The molecule has 0 aromatic carbocycles. The molecule has 10 heavy (non-hydrogen) atoms. The Hall–Kier alpha value is -0.750. The molecule has 1 rings (SSSR count). The fraction of sp³-hybridized carbons (Fsp3) is 0.286. The highest BCUT2D eigenvalue weighted by Crippen LogP contribution is 2.18. The molecular formula is C7H7BrN2. The quantitative estimate of drug-likeness (QED) is 0.627. The van der Waals surface area contributed by atoms with Crippen molar-refractivity contribution in [1.29, 1.82) is 5.26 Å². The van der Waals surface area contributed by atoms with E-state index in [9.17, 15) is 0 Å². The first-order chi connectivity index (χ1) is 4.66. The van der Waals surface area contributed by atoms with Crippen molar-refractivity contribution < 1.29 is 0 Å². The van der Waals surface area contributed by atoms with Crippen LogP contribution in [0, 0.1) is 18.3 Å². The van der Waals surface area contributed by atoms with Crippen LogP contribution < -0.4 is 0 Å². The Kier molecular flexibility index (Phi) is 1.82. The van der Waals surface area contributed by atoms with Crippen LogP contribution in [-0.4, -0.2) is 4.57 Å². The van der Waals surface area contributed by atoms with Crippen molar-refractivity contribution in [1.82, 2.24) is 4.57 Å². The molecular weight excluding hydrogens is 192 g/mol. The lowest BCUT2D eigenvalue weighted by Crippen LogP contribution is -1.92. The topological polar surface area (TPSA) is 28.7 Å². The van der Waals surface area contributed by atoms with Gasteiger partial charge in [0.2, 0.25) is 0 Å². The molecule has 0 saturated carbocycles. The molecule has 52 valence electrons. The lowest BCUT2D eigenvalue weighted by Gasteiger charge is -1.95. The SMILES string of the molecule is Cc1c(Br)cc(C#N)n1C. The molecule has 0 radical (unpaired) electrons. The minimum atomic E-state index is 0.685. The predicted octanol–water partition coefficient (Wildman–Crippen LogP) is 1.97. The van der Waals surface area contributed by atoms with Gasteiger partial charge in [0.25, 0.3) is 0 Å². The van der Waals surface area contributed by atoms with Crippen LogP contribution in [0.4, 0.5) is 0 Å². The van der Waals surface area contributed by atoms with Crippen molar-refractivity contribution in [2.24, 2.45) is 7.05 Å². The average molecular weight is 199 g/mol. The molecule has 0 fully saturated rings. The van der Waals surface area contributed by atoms with Crippen molar-refractivity contribution in [3.63, 3.8) is 0 Å². The van der Waals surface area contributed by atoms with E-state index in [2.05, 4.69) is 22.0 Å². The smallest absolute Gasteiger partial charge is 0.121 e. The first-order valence-electron chi connectivity index (χ1n) is 2.88. The zero-order valence-corrected chi connectivity index (χ0v) is 7.44. The summed E-state index contributed by atoms with van der Waals surface area (Å²) >= 11 is 3.34. The summed E-state index contributed by atoms with van der Waals surface area (Å²) in [6.07, 6.45) is 0. The zero-order chi connectivity index (χ0) is 7.72.